The van der Waals surface area contributed by atoms with Gasteiger partial charge in [-0.25, -0.2) is 4.68 Å². The second kappa shape index (κ2) is 7.35. The van der Waals surface area contributed by atoms with Gasteiger partial charge in [-0.2, -0.15) is 0 Å². The largest absolute Gasteiger partial charge is 0.323 e. The number of hydrogen-bond donors (Lipinski definition) is 1. The number of carbonyl (C=O) groups is 1. The van der Waals surface area contributed by atoms with Gasteiger partial charge in [0.2, 0.25) is 6.17 Å². The number of aromatic nitrogens is 4. The van der Waals surface area contributed by atoms with E-state index in [2.05, 4.69) is 27.8 Å². The van der Waals surface area contributed by atoms with Gasteiger partial charge in [0, 0.05) is 16.5 Å². The van der Waals surface area contributed by atoms with Crippen LogP contribution in [0.4, 0.5) is 5.69 Å². The lowest BCUT2D eigenvalue weighted by molar-refractivity contribution is -0.120. The monoisotopic (exact) mass is 417 g/mol. The van der Waals surface area contributed by atoms with E-state index in [0.717, 1.165) is 38.5 Å². The predicted octanol–water partition coefficient (Wildman–Crippen LogP) is 5.22. The minimum Gasteiger partial charge on any atom is -0.323 e. The number of carbonyl (C=O) groups excluding carboxylic acids is 1. The maximum absolute atomic E-state index is 13.8. The van der Waals surface area contributed by atoms with Crippen molar-refractivity contribution in [2.75, 3.05) is 5.32 Å². The van der Waals surface area contributed by atoms with Crippen molar-refractivity contribution < 1.29 is 4.79 Å². The van der Waals surface area contributed by atoms with Crippen LogP contribution in [0.25, 0.3) is 32.8 Å². The number of fused-ring (bicyclic) bond motifs is 4. The zero-order chi connectivity index (χ0) is 21.5. The van der Waals surface area contributed by atoms with Gasteiger partial charge in [-0.05, 0) is 36.4 Å². The molecule has 6 heteroatoms. The molecule has 2 heterocycles. The predicted molar refractivity (Wildman–Crippen MR) is 126 cm³/mol. The highest BCUT2D eigenvalue weighted by Gasteiger charge is 2.29. The summed E-state index contributed by atoms with van der Waals surface area (Å²) in [6.07, 6.45) is -0.771. The first kappa shape index (κ1) is 18.3. The molecule has 0 saturated carbocycles. The van der Waals surface area contributed by atoms with Crippen LogP contribution in [0.15, 0.2) is 103 Å². The summed E-state index contributed by atoms with van der Waals surface area (Å²) in [7, 11) is 0. The van der Waals surface area contributed by atoms with Crippen molar-refractivity contribution >= 4 is 44.4 Å². The highest BCUT2D eigenvalue weighted by atomic mass is 16.2. The van der Waals surface area contributed by atoms with Crippen LogP contribution < -0.4 is 5.32 Å². The van der Waals surface area contributed by atoms with Crippen molar-refractivity contribution in [3.8, 4) is 0 Å². The summed E-state index contributed by atoms with van der Waals surface area (Å²) in [6.45, 7) is 0. The highest BCUT2D eigenvalue weighted by molar-refractivity contribution is 6.09. The van der Waals surface area contributed by atoms with Crippen LogP contribution in [0, 0.1) is 0 Å². The molecule has 0 bridgehead atoms. The second-order valence-electron chi connectivity index (χ2n) is 7.66. The molecule has 0 aliphatic rings. The summed E-state index contributed by atoms with van der Waals surface area (Å²) in [5, 5.41) is 14.0. The molecule has 1 atom stereocenters. The third-order valence-corrected chi connectivity index (χ3v) is 5.75. The molecular weight excluding hydrogens is 398 g/mol. The number of amides is 1. The minimum atomic E-state index is -0.771. The molecule has 32 heavy (non-hydrogen) atoms. The van der Waals surface area contributed by atoms with Crippen LogP contribution in [0.2, 0.25) is 0 Å². The lowest BCUT2D eigenvalue weighted by Gasteiger charge is -2.21. The van der Waals surface area contributed by atoms with Gasteiger partial charge in [0.1, 0.15) is 5.52 Å². The zero-order valence-corrected chi connectivity index (χ0v) is 17.1. The van der Waals surface area contributed by atoms with Crippen molar-refractivity contribution in [2.45, 2.75) is 6.17 Å². The van der Waals surface area contributed by atoms with E-state index < -0.39 is 6.17 Å². The molecule has 1 unspecified atom stereocenters. The van der Waals surface area contributed by atoms with Crippen LogP contribution in [-0.2, 0) is 4.79 Å². The van der Waals surface area contributed by atoms with Crippen LogP contribution in [0.1, 0.15) is 6.17 Å². The maximum Gasteiger partial charge on any atom is 0.270 e. The average molecular weight is 417 g/mol. The molecule has 6 rings (SSSR count). The molecule has 1 amide bonds. The summed E-state index contributed by atoms with van der Waals surface area (Å²) >= 11 is 0. The number of nitrogens with zero attached hydrogens (tertiary/aromatic N) is 4. The molecule has 0 fully saturated rings. The van der Waals surface area contributed by atoms with E-state index in [-0.39, 0.29) is 5.91 Å². The Morgan fingerprint density at radius 2 is 1.25 bits per heavy atom. The van der Waals surface area contributed by atoms with Gasteiger partial charge in [-0.1, -0.05) is 71.9 Å². The Bertz CT molecular complexity index is 1530. The SMILES string of the molecule is O=C(Nc1ccccc1)C(n1nnc2ccccc21)n1c2ccccc2c2ccccc21. The number of para-hydroxylation sites is 4. The van der Waals surface area contributed by atoms with Crippen molar-refractivity contribution in [1.29, 1.82) is 0 Å². The second-order valence-corrected chi connectivity index (χ2v) is 7.66. The van der Waals surface area contributed by atoms with Crippen LogP contribution in [0.3, 0.4) is 0 Å². The maximum atomic E-state index is 13.8. The van der Waals surface area contributed by atoms with Gasteiger partial charge < -0.3 is 9.88 Å². The topological polar surface area (TPSA) is 64.7 Å². The fourth-order valence-electron chi connectivity index (χ4n) is 4.35. The number of hydrogen-bond acceptors (Lipinski definition) is 3. The van der Waals surface area contributed by atoms with Gasteiger partial charge in [0.05, 0.1) is 16.6 Å². The quantitative estimate of drug-likeness (QED) is 0.427. The van der Waals surface area contributed by atoms with Crippen molar-refractivity contribution in [2.24, 2.45) is 0 Å². The fraction of sp³-hybridized carbons (Fsp3) is 0.0385. The molecular formula is C26H19N5O. The summed E-state index contributed by atoms with van der Waals surface area (Å²) in [4.78, 5) is 13.8. The molecule has 0 saturated heterocycles. The molecule has 4 aromatic carbocycles. The first-order valence-corrected chi connectivity index (χ1v) is 10.4. The molecule has 0 spiro atoms. The van der Waals surface area contributed by atoms with Crippen molar-refractivity contribution in [3.05, 3.63) is 103 Å². The third kappa shape index (κ3) is 2.85. The summed E-state index contributed by atoms with van der Waals surface area (Å²) < 4.78 is 3.75. The Morgan fingerprint density at radius 3 is 1.94 bits per heavy atom. The molecule has 0 radical (unpaired) electrons. The Labute approximate surface area is 183 Å². The highest BCUT2D eigenvalue weighted by Crippen LogP contribution is 2.33. The lowest BCUT2D eigenvalue weighted by atomic mass is 10.2. The summed E-state index contributed by atoms with van der Waals surface area (Å²) in [5.41, 5.74) is 4.18. The number of benzene rings is 4. The van der Waals surface area contributed by atoms with Gasteiger partial charge in [-0.15, -0.1) is 5.10 Å². The average Bonchev–Trinajstić information content (AvgIpc) is 3.41. The van der Waals surface area contributed by atoms with Gasteiger partial charge in [0.25, 0.3) is 5.91 Å². The van der Waals surface area contributed by atoms with E-state index >= 15 is 0 Å². The standard InChI is InChI=1S/C26H19N5O/c32-25(27-18-10-2-1-3-11-18)26(31-24-17-9-6-14-21(24)28-29-31)30-22-15-7-4-12-19(22)20-13-5-8-16-23(20)30/h1-17,26H,(H,27,32). The molecule has 0 aliphatic carbocycles. The van der Waals surface area contributed by atoms with E-state index in [1.54, 1.807) is 4.68 Å². The van der Waals surface area contributed by atoms with Crippen LogP contribution in [-0.4, -0.2) is 25.5 Å². The van der Waals surface area contributed by atoms with Crippen molar-refractivity contribution in [1.82, 2.24) is 19.6 Å². The van der Waals surface area contributed by atoms with Crippen LogP contribution in [0.5, 0.6) is 0 Å². The number of rotatable bonds is 4. The lowest BCUT2D eigenvalue weighted by Crippen LogP contribution is -2.32. The van der Waals surface area contributed by atoms with E-state index in [9.17, 15) is 4.79 Å². The van der Waals surface area contributed by atoms with Gasteiger partial charge in [0.15, 0.2) is 0 Å². The van der Waals surface area contributed by atoms with E-state index in [1.807, 2.05) is 95.6 Å². The zero-order valence-electron chi connectivity index (χ0n) is 17.1. The van der Waals surface area contributed by atoms with Gasteiger partial charge >= 0.3 is 0 Å². The molecule has 2 aromatic heterocycles. The Balaban J connectivity index is 1.63. The molecule has 6 nitrogen and oxygen atoms in total. The molecule has 1 N–H and O–H groups in total. The Hall–Kier alpha value is -4.45. The molecule has 6 aromatic rings. The van der Waals surface area contributed by atoms with Gasteiger partial charge in [-0.3, -0.25) is 4.79 Å². The molecule has 154 valence electrons. The summed E-state index contributed by atoms with van der Waals surface area (Å²) in [5.74, 6) is -0.196. The van der Waals surface area contributed by atoms with Crippen LogP contribution >= 0.6 is 0 Å². The van der Waals surface area contributed by atoms with Crippen molar-refractivity contribution in [3.63, 3.8) is 0 Å². The smallest absolute Gasteiger partial charge is 0.270 e. The van der Waals surface area contributed by atoms with E-state index in [4.69, 9.17) is 0 Å². The molecule has 0 aliphatic heterocycles. The fourth-order valence-corrected chi connectivity index (χ4v) is 4.35. The first-order chi connectivity index (χ1) is 15.8. The normalized spacial score (nSPS) is 12.4. The van der Waals surface area contributed by atoms with E-state index in [0.29, 0.717) is 0 Å². The van der Waals surface area contributed by atoms with E-state index in [1.165, 1.54) is 0 Å². The number of nitrogens with one attached hydrogen (secondary N) is 1. The minimum absolute atomic E-state index is 0.196. The number of anilines is 1. The summed E-state index contributed by atoms with van der Waals surface area (Å²) in [6, 6.07) is 33.4. The first-order valence-electron chi connectivity index (χ1n) is 10.4. The third-order valence-electron chi connectivity index (χ3n) is 5.75. The Morgan fingerprint density at radius 1 is 0.688 bits per heavy atom. The Kier molecular flexibility index (Phi) is 4.21.